The molecule has 1 amide bonds. The van der Waals surface area contributed by atoms with Crippen LogP contribution < -0.4 is 5.73 Å². The molecule has 0 spiro atoms. The van der Waals surface area contributed by atoms with E-state index in [0.717, 1.165) is 6.42 Å². The lowest BCUT2D eigenvalue weighted by molar-refractivity contribution is -0.122. The minimum Gasteiger partial charge on any atom is -0.368 e. The molecule has 0 aromatic carbocycles. The van der Waals surface area contributed by atoms with Crippen LogP contribution in [-0.2, 0) is 4.79 Å². The van der Waals surface area contributed by atoms with Gasteiger partial charge in [-0.25, -0.2) is 5.01 Å². The second-order valence-corrected chi connectivity index (χ2v) is 3.18. The number of hydrogen-bond donors (Lipinski definition) is 1. The highest BCUT2D eigenvalue weighted by Crippen LogP contribution is 2.47. The molecule has 11 heavy (non-hydrogen) atoms. The summed E-state index contributed by atoms with van der Waals surface area (Å²) in [6, 6.07) is -0.221. The number of nitroso groups, excluding NO2 is 1. The fourth-order valence-electron chi connectivity index (χ4n) is 1.80. The molecule has 1 saturated carbocycles. The van der Waals surface area contributed by atoms with Crippen LogP contribution >= 0.6 is 0 Å². The van der Waals surface area contributed by atoms with E-state index in [9.17, 15) is 9.70 Å². The van der Waals surface area contributed by atoms with Gasteiger partial charge in [0.2, 0.25) is 5.91 Å². The van der Waals surface area contributed by atoms with Gasteiger partial charge in [-0.2, -0.15) is 0 Å². The number of rotatable bonds is 2. The summed E-state index contributed by atoms with van der Waals surface area (Å²) in [7, 11) is 0. The second kappa shape index (κ2) is 1.93. The van der Waals surface area contributed by atoms with Crippen LogP contribution in [0.5, 0.6) is 0 Å². The molecule has 2 fully saturated rings. The van der Waals surface area contributed by atoms with Crippen molar-refractivity contribution in [2.24, 2.45) is 16.9 Å². The molecule has 5 heteroatoms. The third kappa shape index (κ3) is 0.800. The van der Waals surface area contributed by atoms with Crippen molar-refractivity contribution in [1.82, 2.24) is 5.01 Å². The molecule has 1 aliphatic carbocycles. The van der Waals surface area contributed by atoms with Gasteiger partial charge in [-0.15, -0.1) is 4.91 Å². The zero-order chi connectivity index (χ0) is 8.01. The first-order valence-electron chi connectivity index (χ1n) is 3.65. The Kier molecular flexibility index (Phi) is 1.15. The Morgan fingerprint density at radius 1 is 1.55 bits per heavy atom. The fraction of sp³-hybridized carbons (Fsp3) is 0.833. The predicted octanol–water partition coefficient (Wildman–Crippen LogP) is -0.384. The molecule has 0 unspecified atom stereocenters. The molecule has 0 radical (unpaired) electrons. The number of carbonyl (C=O) groups excluding carboxylic acids is 1. The van der Waals surface area contributed by atoms with Gasteiger partial charge >= 0.3 is 0 Å². The van der Waals surface area contributed by atoms with Crippen LogP contribution in [0.1, 0.15) is 12.8 Å². The molecular weight excluding hydrogens is 146 g/mol. The molecule has 0 bridgehead atoms. The first-order chi connectivity index (χ1) is 5.24. The quantitative estimate of drug-likeness (QED) is 0.552. The molecule has 1 heterocycles. The Morgan fingerprint density at radius 2 is 2.27 bits per heavy atom. The largest absolute Gasteiger partial charge is 0.368 e. The molecule has 3 atom stereocenters. The van der Waals surface area contributed by atoms with Gasteiger partial charge in [0.1, 0.15) is 6.04 Å². The number of nitrogens with two attached hydrogens (primary N) is 1. The van der Waals surface area contributed by atoms with Gasteiger partial charge in [-0.05, 0) is 18.8 Å². The summed E-state index contributed by atoms with van der Waals surface area (Å²) in [5.41, 5.74) is 5.07. The molecular formula is C6H9N3O2. The summed E-state index contributed by atoms with van der Waals surface area (Å²) < 4.78 is 0. The van der Waals surface area contributed by atoms with Crippen LogP contribution in [0.15, 0.2) is 5.29 Å². The number of hydrogen-bond acceptors (Lipinski definition) is 3. The van der Waals surface area contributed by atoms with Crippen molar-refractivity contribution in [2.45, 2.75) is 24.9 Å². The van der Waals surface area contributed by atoms with Crippen LogP contribution in [0.2, 0.25) is 0 Å². The number of carbonyl (C=O) groups is 1. The standard InChI is InChI=1S/C6H9N3O2/c7-6(10)5-2-3-1-4(3)9(5)8-11/h3-5H,1-2H2,(H2,7,10)/t3-,4-,5-/m0/s1. The Balaban J connectivity index is 2.12. The normalized spacial score (nSPS) is 40.0. The number of nitrogens with zero attached hydrogens (tertiary/aromatic N) is 2. The van der Waals surface area contributed by atoms with Gasteiger partial charge in [0.25, 0.3) is 0 Å². The van der Waals surface area contributed by atoms with Crippen LogP contribution in [0.3, 0.4) is 0 Å². The molecule has 0 aromatic heterocycles. The van der Waals surface area contributed by atoms with E-state index in [1.807, 2.05) is 0 Å². The highest BCUT2D eigenvalue weighted by atomic mass is 16.3. The van der Waals surface area contributed by atoms with Crippen LogP contribution in [-0.4, -0.2) is 23.0 Å². The van der Waals surface area contributed by atoms with Gasteiger partial charge in [0.05, 0.1) is 11.3 Å². The predicted molar refractivity (Wildman–Crippen MR) is 37.1 cm³/mol. The van der Waals surface area contributed by atoms with Crippen molar-refractivity contribution in [1.29, 1.82) is 0 Å². The Hall–Kier alpha value is -1.13. The van der Waals surface area contributed by atoms with Crippen LogP contribution in [0, 0.1) is 10.8 Å². The molecule has 2 aliphatic rings. The summed E-state index contributed by atoms with van der Waals surface area (Å²) in [6.45, 7) is 0. The minimum atomic E-state index is -0.434. The molecule has 1 saturated heterocycles. The van der Waals surface area contributed by atoms with E-state index in [1.165, 1.54) is 5.01 Å². The Labute approximate surface area is 63.5 Å². The Bertz CT molecular complexity index is 218. The molecule has 0 aromatic rings. The van der Waals surface area contributed by atoms with Gasteiger partial charge in [-0.3, -0.25) is 4.79 Å². The zero-order valence-electron chi connectivity index (χ0n) is 5.93. The monoisotopic (exact) mass is 155 g/mol. The second-order valence-electron chi connectivity index (χ2n) is 3.18. The van der Waals surface area contributed by atoms with E-state index in [4.69, 9.17) is 5.73 Å². The lowest BCUT2D eigenvalue weighted by Crippen LogP contribution is -2.39. The lowest BCUT2D eigenvalue weighted by Gasteiger charge is -2.16. The number of fused-ring (bicyclic) bond motifs is 1. The minimum absolute atomic E-state index is 0.213. The van der Waals surface area contributed by atoms with Gasteiger partial charge in [0, 0.05) is 0 Å². The highest BCUT2D eigenvalue weighted by molar-refractivity contribution is 5.80. The van der Waals surface area contributed by atoms with E-state index >= 15 is 0 Å². The SMILES string of the molecule is NC(=O)[C@@H]1C[C@@H]2C[C@@H]2N1N=O. The van der Waals surface area contributed by atoms with Crippen LogP contribution in [0.4, 0.5) is 0 Å². The summed E-state index contributed by atoms with van der Waals surface area (Å²) in [5.74, 6) is 0.0574. The molecule has 1 aliphatic heterocycles. The van der Waals surface area contributed by atoms with E-state index in [-0.39, 0.29) is 6.04 Å². The maximum atomic E-state index is 10.7. The molecule has 5 nitrogen and oxygen atoms in total. The molecule has 2 N–H and O–H groups in total. The summed E-state index contributed by atoms with van der Waals surface area (Å²) >= 11 is 0. The van der Waals surface area contributed by atoms with E-state index in [2.05, 4.69) is 5.29 Å². The van der Waals surface area contributed by atoms with E-state index in [0.29, 0.717) is 12.3 Å². The van der Waals surface area contributed by atoms with Crippen molar-refractivity contribution < 1.29 is 4.79 Å². The average molecular weight is 155 g/mol. The highest BCUT2D eigenvalue weighted by Gasteiger charge is 2.54. The van der Waals surface area contributed by atoms with Crippen LogP contribution in [0.25, 0.3) is 0 Å². The van der Waals surface area contributed by atoms with Gasteiger partial charge < -0.3 is 5.73 Å². The zero-order valence-corrected chi connectivity index (χ0v) is 5.93. The average Bonchev–Trinajstić information content (AvgIpc) is 2.63. The molecule has 2 rings (SSSR count). The third-order valence-corrected chi connectivity index (χ3v) is 2.49. The van der Waals surface area contributed by atoms with Crippen molar-refractivity contribution in [3.8, 4) is 0 Å². The maximum absolute atomic E-state index is 10.7. The third-order valence-electron chi connectivity index (χ3n) is 2.49. The first-order valence-corrected chi connectivity index (χ1v) is 3.65. The van der Waals surface area contributed by atoms with E-state index < -0.39 is 11.9 Å². The number of primary amides is 1. The van der Waals surface area contributed by atoms with Crippen molar-refractivity contribution in [3.63, 3.8) is 0 Å². The lowest BCUT2D eigenvalue weighted by atomic mass is 10.2. The van der Waals surface area contributed by atoms with Gasteiger partial charge in [-0.1, -0.05) is 0 Å². The summed E-state index contributed by atoms with van der Waals surface area (Å²) in [5, 5.41) is 4.11. The topological polar surface area (TPSA) is 75.8 Å². The number of amides is 1. The van der Waals surface area contributed by atoms with Crippen molar-refractivity contribution in [3.05, 3.63) is 4.91 Å². The fourth-order valence-corrected chi connectivity index (χ4v) is 1.80. The summed E-state index contributed by atoms with van der Waals surface area (Å²) in [6.07, 6.45) is 1.71. The van der Waals surface area contributed by atoms with E-state index in [1.54, 1.807) is 0 Å². The first kappa shape index (κ1) is 6.57. The molecule has 60 valence electrons. The van der Waals surface area contributed by atoms with Gasteiger partial charge in [0.15, 0.2) is 0 Å². The van der Waals surface area contributed by atoms with Crippen molar-refractivity contribution >= 4 is 5.91 Å². The Morgan fingerprint density at radius 3 is 2.73 bits per heavy atom. The van der Waals surface area contributed by atoms with Crippen molar-refractivity contribution in [2.75, 3.05) is 0 Å². The smallest absolute Gasteiger partial charge is 0.241 e. The maximum Gasteiger partial charge on any atom is 0.241 e. The number of piperidine rings is 1. The summed E-state index contributed by atoms with van der Waals surface area (Å²) in [4.78, 5) is 20.9.